The van der Waals surface area contributed by atoms with Crippen LogP contribution in [-0.4, -0.2) is 20.9 Å². The summed E-state index contributed by atoms with van der Waals surface area (Å²) in [6, 6.07) is 2.53. The Bertz CT molecular complexity index is 632. The number of aryl methyl sites for hydroxylation is 1. The Morgan fingerprint density at radius 3 is 2.53 bits per heavy atom. The van der Waals surface area contributed by atoms with Crippen LogP contribution >= 0.6 is 0 Å². The molecule has 0 unspecified atom stereocenters. The zero-order valence-electron chi connectivity index (χ0n) is 9.77. The molecule has 0 aliphatic heterocycles. The van der Waals surface area contributed by atoms with Crippen LogP contribution in [0.4, 0.5) is 13.2 Å². The van der Waals surface area contributed by atoms with E-state index in [0.717, 1.165) is 17.7 Å². The number of halogens is 3. The first kappa shape index (κ1) is 13.1. The summed E-state index contributed by atoms with van der Waals surface area (Å²) >= 11 is 0. The van der Waals surface area contributed by atoms with Gasteiger partial charge in [-0.2, -0.15) is 18.3 Å². The van der Waals surface area contributed by atoms with Crippen molar-refractivity contribution >= 4 is 5.97 Å². The minimum absolute atomic E-state index is 0.0913. The fraction of sp³-hybridized carbons (Fsp3) is 0.167. The summed E-state index contributed by atoms with van der Waals surface area (Å²) in [6.07, 6.45) is -1.55. The zero-order valence-corrected chi connectivity index (χ0v) is 9.77. The Labute approximate surface area is 106 Å². The van der Waals surface area contributed by atoms with Crippen molar-refractivity contribution in [1.29, 1.82) is 0 Å². The fourth-order valence-corrected chi connectivity index (χ4v) is 1.63. The van der Waals surface area contributed by atoms with Gasteiger partial charge in [0, 0.05) is 6.20 Å². The number of nitrogens with zero attached hydrogens (tertiary/aromatic N) is 2. The van der Waals surface area contributed by atoms with Crippen molar-refractivity contribution < 1.29 is 23.1 Å². The molecule has 2 rings (SSSR count). The Morgan fingerprint density at radius 2 is 2.05 bits per heavy atom. The maximum absolute atomic E-state index is 12.6. The van der Waals surface area contributed by atoms with E-state index in [0.29, 0.717) is 6.07 Å². The summed E-state index contributed by atoms with van der Waals surface area (Å²) in [5.41, 5.74) is -0.583. The van der Waals surface area contributed by atoms with Crippen LogP contribution in [0.25, 0.3) is 5.69 Å². The highest BCUT2D eigenvalue weighted by Gasteiger charge is 2.32. The monoisotopic (exact) mass is 270 g/mol. The molecule has 0 atom stereocenters. The van der Waals surface area contributed by atoms with E-state index >= 15 is 0 Å². The standard InChI is InChI=1S/C12H9F3N2O2/c1-7-5-16-17(6-7)10-3-2-8(12(13,14)15)4-9(10)11(18)19/h2-6H,1H3,(H,18,19). The van der Waals surface area contributed by atoms with Crippen molar-refractivity contribution in [3.05, 3.63) is 47.3 Å². The van der Waals surface area contributed by atoms with E-state index in [-0.39, 0.29) is 5.69 Å². The van der Waals surface area contributed by atoms with Crippen molar-refractivity contribution in [1.82, 2.24) is 9.78 Å². The molecular formula is C12H9F3N2O2. The molecular weight excluding hydrogens is 261 g/mol. The van der Waals surface area contributed by atoms with Crippen LogP contribution in [0.3, 0.4) is 0 Å². The van der Waals surface area contributed by atoms with Crippen molar-refractivity contribution in [2.75, 3.05) is 0 Å². The van der Waals surface area contributed by atoms with Gasteiger partial charge in [0.2, 0.25) is 0 Å². The smallest absolute Gasteiger partial charge is 0.416 e. The summed E-state index contributed by atoms with van der Waals surface area (Å²) < 4.78 is 38.9. The Balaban J connectivity index is 2.60. The van der Waals surface area contributed by atoms with Gasteiger partial charge in [0.15, 0.2) is 0 Å². The molecule has 1 aromatic carbocycles. The largest absolute Gasteiger partial charge is 0.478 e. The molecule has 4 nitrogen and oxygen atoms in total. The fourth-order valence-electron chi connectivity index (χ4n) is 1.63. The van der Waals surface area contributed by atoms with Gasteiger partial charge in [-0.25, -0.2) is 9.48 Å². The van der Waals surface area contributed by atoms with Crippen LogP contribution < -0.4 is 0 Å². The summed E-state index contributed by atoms with van der Waals surface area (Å²) in [5, 5.41) is 12.9. The number of carboxylic acids is 1. The van der Waals surface area contributed by atoms with Crippen LogP contribution in [0.5, 0.6) is 0 Å². The lowest BCUT2D eigenvalue weighted by molar-refractivity contribution is -0.137. The third-order valence-corrected chi connectivity index (χ3v) is 2.51. The number of carboxylic acid groups (broad SMARTS) is 1. The number of hydrogen-bond acceptors (Lipinski definition) is 2. The average molecular weight is 270 g/mol. The van der Waals surface area contributed by atoms with Gasteiger partial charge in [0.25, 0.3) is 0 Å². The minimum Gasteiger partial charge on any atom is -0.478 e. The Kier molecular flexibility index (Phi) is 3.05. The van der Waals surface area contributed by atoms with E-state index in [1.54, 1.807) is 6.92 Å². The number of carbonyl (C=O) groups is 1. The Morgan fingerprint density at radius 1 is 1.37 bits per heavy atom. The highest BCUT2D eigenvalue weighted by Crippen LogP contribution is 2.31. The summed E-state index contributed by atoms with van der Waals surface area (Å²) in [4.78, 5) is 11.1. The number of alkyl halides is 3. The van der Waals surface area contributed by atoms with Gasteiger partial charge < -0.3 is 5.11 Å². The highest BCUT2D eigenvalue weighted by molar-refractivity contribution is 5.92. The zero-order chi connectivity index (χ0) is 14.2. The number of hydrogen-bond donors (Lipinski definition) is 1. The van der Waals surface area contributed by atoms with Crippen molar-refractivity contribution in [3.63, 3.8) is 0 Å². The predicted molar refractivity (Wildman–Crippen MR) is 60.3 cm³/mol. The number of benzene rings is 1. The lowest BCUT2D eigenvalue weighted by Gasteiger charge is -2.11. The SMILES string of the molecule is Cc1cnn(-c2ccc(C(F)(F)F)cc2C(=O)O)c1. The van der Waals surface area contributed by atoms with Gasteiger partial charge in [0.05, 0.1) is 23.0 Å². The number of aromatic carboxylic acids is 1. The van der Waals surface area contributed by atoms with Crippen molar-refractivity contribution in [2.45, 2.75) is 13.1 Å². The van der Waals surface area contributed by atoms with Crippen molar-refractivity contribution in [3.8, 4) is 5.69 Å². The van der Waals surface area contributed by atoms with E-state index in [1.165, 1.54) is 17.1 Å². The molecule has 19 heavy (non-hydrogen) atoms. The lowest BCUT2D eigenvalue weighted by Crippen LogP contribution is -2.11. The molecule has 100 valence electrons. The average Bonchev–Trinajstić information content (AvgIpc) is 2.73. The van der Waals surface area contributed by atoms with Gasteiger partial charge in [-0.3, -0.25) is 0 Å². The molecule has 0 aliphatic rings. The van der Waals surface area contributed by atoms with E-state index in [1.807, 2.05) is 0 Å². The van der Waals surface area contributed by atoms with Crippen LogP contribution in [0.2, 0.25) is 0 Å². The van der Waals surface area contributed by atoms with E-state index in [9.17, 15) is 18.0 Å². The first-order valence-corrected chi connectivity index (χ1v) is 5.25. The molecule has 2 aromatic rings. The van der Waals surface area contributed by atoms with Crippen LogP contribution in [0.15, 0.2) is 30.6 Å². The van der Waals surface area contributed by atoms with E-state index < -0.39 is 23.3 Å². The quantitative estimate of drug-likeness (QED) is 0.912. The Hall–Kier alpha value is -2.31. The van der Waals surface area contributed by atoms with Gasteiger partial charge in [-0.1, -0.05) is 0 Å². The third kappa shape index (κ3) is 2.59. The molecule has 0 aliphatic carbocycles. The molecule has 0 amide bonds. The van der Waals surface area contributed by atoms with Crippen molar-refractivity contribution in [2.24, 2.45) is 0 Å². The van der Waals surface area contributed by atoms with E-state index in [2.05, 4.69) is 5.10 Å². The molecule has 1 N–H and O–H groups in total. The molecule has 0 saturated carbocycles. The van der Waals surface area contributed by atoms with Gasteiger partial charge in [-0.15, -0.1) is 0 Å². The van der Waals surface area contributed by atoms with Crippen LogP contribution in [0, 0.1) is 6.92 Å². The predicted octanol–water partition coefficient (Wildman–Crippen LogP) is 2.90. The molecule has 0 radical (unpaired) electrons. The second-order valence-electron chi connectivity index (χ2n) is 4.00. The first-order chi connectivity index (χ1) is 8.79. The van der Waals surface area contributed by atoms with Gasteiger partial charge >= 0.3 is 12.1 Å². The second-order valence-corrected chi connectivity index (χ2v) is 4.00. The molecule has 0 spiro atoms. The van der Waals surface area contributed by atoms with Gasteiger partial charge in [-0.05, 0) is 30.7 Å². The summed E-state index contributed by atoms with van der Waals surface area (Å²) in [7, 11) is 0. The third-order valence-electron chi connectivity index (χ3n) is 2.51. The maximum atomic E-state index is 12.6. The van der Waals surface area contributed by atoms with Crippen LogP contribution in [0.1, 0.15) is 21.5 Å². The lowest BCUT2D eigenvalue weighted by atomic mass is 10.1. The highest BCUT2D eigenvalue weighted by atomic mass is 19.4. The number of aromatic nitrogens is 2. The normalized spacial score (nSPS) is 11.6. The molecule has 0 bridgehead atoms. The first-order valence-electron chi connectivity index (χ1n) is 5.25. The minimum atomic E-state index is -4.58. The molecule has 1 heterocycles. The molecule has 0 fully saturated rings. The molecule has 0 saturated heterocycles. The molecule has 7 heteroatoms. The van der Waals surface area contributed by atoms with E-state index in [4.69, 9.17) is 5.11 Å². The summed E-state index contributed by atoms with van der Waals surface area (Å²) in [5.74, 6) is -1.44. The maximum Gasteiger partial charge on any atom is 0.416 e. The van der Waals surface area contributed by atoms with Gasteiger partial charge in [0.1, 0.15) is 0 Å². The second kappa shape index (κ2) is 4.42. The summed E-state index contributed by atoms with van der Waals surface area (Å²) in [6.45, 7) is 1.74. The number of rotatable bonds is 2. The topological polar surface area (TPSA) is 55.1 Å². The van der Waals surface area contributed by atoms with Crippen LogP contribution in [-0.2, 0) is 6.18 Å². The molecule has 1 aromatic heterocycles.